The van der Waals surface area contributed by atoms with Crippen molar-refractivity contribution in [1.82, 2.24) is 4.90 Å². The van der Waals surface area contributed by atoms with E-state index in [9.17, 15) is 0 Å². The molecule has 7 aromatic carbocycles. The predicted molar refractivity (Wildman–Crippen MR) is 221 cm³/mol. The van der Waals surface area contributed by atoms with Crippen LogP contribution in [0.2, 0.25) is 0 Å². The smallest absolute Gasteiger partial charge is 0.148 e. The van der Waals surface area contributed by atoms with Crippen molar-refractivity contribution in [3.05, 3.63) is 191 Å². The number of hydrogen-bond donors (Lipinski definition) is 0. The molecular formula is C50H40N2. The lowest BCUT2D eigenvalue weighted by Gasteiger charge is -2.35. The van der Waals surface area contributed by atoms with Crippen LogP contribution < -0.4 is 0 Å². The highest BCUT2D eigenvalue weighted by atomic mass is 15.2. The van der Waals surface area contributed by atoms with Gasteiger partial charge in [-0.3, -0.25) is 4.99 Å². The van der Waals surface area contributed by atoms with Gasteiger partial charge in [-0.05, 0) is 103 Å². The molecule has 250 valence electrons. The third-order valence-corrected chi connectivity index (χ3v) is 11.8. The first-order chi connectivity index (χ1) is 25.5. The van der Waals surface area contributed by atoms with Gasteiger partial charge in [0.15, 0.2) is 0 Å². The van der Waals surface area contributed by atoms with Crippen molar-refractivity contribution in [3.63, 3.8) is 0 Å². The molecule has 0 saturated heterocycles. The molecule has 2 heteroatoms. The summed E-state index contributed by atoms with van der Waals surface area (Å²) in [6, 6.07) is 51.4. The Morgan fingerprint density at radius 3 is 2.19 bits per heavy atom. The molecular weight excluding hydrogens is 629 g/mol. The van der Waals surface area contributed by atoms with Crippen molar-refractivity contribution in [2.24, 2.45) is 4.99 Å². The molecule has 52 heavy (non-hydrogen) atoms. The number of allylic oxidation sites excluding steroid dienone is 5. The molecule has 0 radical (unpaired) electrons. The highest BCUT2D eigenvalue weighted by Gasteiger charge is 2.38. The summed E-state index contributed by atoms with van der Waals surface area (Å²) in [4.78, 5) is 8.04. The van der Waals surface area contributed by atoms with Crippen LogP contribution in [-0.4, -0.2) is 17.7 Å². The molecule has 3 aliphatic rings. The van der Waals surface area contributed by atoms with E-state index in [1.807, 2.05) is 0 Å². The minimum atomic E-state index is -0.221. The molecule has 10 rings (SSSR count). The standard InChI is InChI=1S/C50H40N2/c1-50(2)45-25-11-10-23-42(45)43-27-26-35(30-46(43)50)47-31-48(36-18-12-17-33(28-36)38-24-13-16-32-14-4-6-19-37(32)38)52(3)49(51-47)44-29-34-15-5-7-20-39(34)40-21-8-9-22-41(40)44/h4-10,12-24,26-31,49H,11,25H2,1-3H3. The van der Waals surface area contributed by atoms with Crippen molar-refractivity contribution in [2.45, 2.75) is 38.3 Å². The van der Waals surface area contributed by atoms with Gasteiger partial charge < -0.3 is 4.90 Å². The first-order valence-corrected chi connectivity index (χ1v) is 18.5. The van der Waals surface area contributed by atoms with Crippen LogP contribution in [0.15, 0.2) is 168 Å². The van der Waals surface area contributed by atoms with Gasteiger partial charge in [-0.2, -0.15) is 0 Å². The molecule has 0 aromatic heterocycles. The second kappa shape index (κ2) is 11.8. The van der Waals surface area contributed by atoms with Crippen LogP contribution >= 0.6 is 0 Å². The Bertz CT molecular complexity index is 2730. The van der Waals surface area contributed by atoms with Gasteiger partial charge in [0.05, 0.1) is 5.71 Å². The van der Waals surface area contributed by atoms with Crippen LogP contribution in [0, 0.1) is 0 Å². The molecule has 0 amide bonds. The van der Waals surface area contributed by atoms with E-state index >= 15 is 0 Å². The van der Waals surface area contributed by atoms with Gasteiger partial charge in [-0.1, -0.05) is 153 Å². The number of fused-ring (bicyclic) bond motifs is 6. The Hall–Kier alpha value is -5.99. The van der Waals surface area contributed by atoms with Gasteiger partial charge in [-0.15, -0.1) is 0 Å². The second-order valence-electron chi connectivity index (χ2n) is 15.1. The SMILES string of the molecule is CN1C(c2cccc(-c3cccc4ccccc34)c2)=CC(c2ccc3c(c2)C(C)(C)C2=C3C=CCC2)=NC1c1cc2ccccc2c2ccccc12. The molecule has 2 nitrogen and oxygen atoms in total. The normalized spacial score (nSPS) is 17.8. The topological polar surface area (TPSA) is 15.6 Å². The van der Waals surface area contributed by atoms with Gasteiger partial charge in [0.1, 0.15) is 6.17 Å². The van der Waals surface area contributed by atoms with Crippen LogP contribution in [0.5, 0.6) is 0 Å². The lowest BCUT2D eigenvalue weighted by atomic mass is 9.78. The lowest BCUT2D eigenvalue weighted by Crippen LogP contribution is -2.28. The van der Waals surface area contributed by atoms with E-state index in [2.05, 4.69) is 184 Å². The molecule has 1 heterocycles. The molecule has 1 atom stereocenters. The Kier molecular flexibility index (Phi) is 6.98. The molecule has 1 aliphatic heterocycles. The Morgan fingerprint density at radius 2 is 1.33 bits per heavy atom. The number of benzene rings is 7. The number of aliphatic imine (C=N–C) groups is 1. The van der Waals surface area contributed by atoms with Crippen molar-refractivity contribution >= 4 is 49.3 Å². The van der Waals surface area contributed by atoms with E-state index in [-0.39, 0.29) is 11.6 Å². The van der Waals surface area contributed by atoms with E-state index in [1.165, 1.54) is 76.8 Å². The van der Waals surface area contributed by atoms with Crippen LogP contribution in [0.25, 0.3) is 54.7 Å². The van der Waals surface area contributed by atoms with E-state index in [0.29, 0.717) is 0 Å². The van der Waals surface area contributed by atoms with Gasteiger partial charge in [0, 0.05) is 29.3 Å². The zero-order valence-corrected chi connectivity index (χ0v) is 29.9. The molecule has 0 spiro atoms. The van der Waals surface area contributed by atoms with Gasteiger partial charge in [0.25, 0.3) is 0 Å². The summed E-state index contributed by atoms with van der Waals surface area (Å²) >= 11 is 0. The van der Waals surface area contributed by atoms with Crippen LogP contribution in [-0.2, 0) is 5.41 Å². The lowest BCUT2D eigenvalue weighted by molar-refractivity contribution is 0.366. The van der Waals surface area contributed by atoms with Gasteiger partial charge in [0.2, 0.25) is 0 Å². The maximum absolute atomic E-state index is 5.66. The van der Waals surface area contributed by atoms with E-state index in [4.69, 9.17) is 4.99 Å². The number of hydrogen-bond acceptors (Lipinski definition) is 2. The quantitative estimate of drug-likeness (QED) is 0.170. The summed E-state index contributed by atoms with van der Waals surface area (Å²) in [6.07, 6.45) is 9.02. The summed E-state index contributed by atoms with van der Waals surface area (Å²) in [5, 5.41) is 7.53. The molecule has 7 aromatic rings. The minimum Gasteiger partial charge on any atom is -0.349 e. The second-order valence-corrected chi connectivity index (χ2v) is 15.1. The molecule has 0 bridgehead atoms. The average Bonchev–Trinajstić information content (AvgIpc) is 3.43. The highest BCUT2D eigenvalue weighted by molar-refractivity contribution is 6.14. The van der Waals surface area contributed by atoms with Gasteiger partial charge >= 0.3 is 0 Å². The molecule has 1 unspecified atom stereocenters. The van der Waals surface area contributed by atoms with Crippen molar-refractivity contribution in [3.8, 4) is 11.1 Å². The maximum Gasteiger partial charge on any atom is 0.148 e. The average molecular weight is 669 g/mol. The molecule has 0 fully saturated rings. The molecule has 0 N–H and O–H groups in total. The first-order valence-electron chi connectivity index (χ1n) is 18.5. The first kappa shape index (κ1) is 30.8. The van der Waals surface area contributed by atoms with Crippen molar-refractivity contribution in [2.75, 3.05) is 7.05 Å². The van der Waals surface area contributed by atoms with Crippen LogP contribution in [0.4, 0.5) is 0 Å². The summed E-state index contributed by atoms with van der Waals surface area (Å²) < 4.78 is 0. The summed E-state index contributed by atoms with van der Waals surface area (Å²) in [5.41, 5.74) is 14.0. The predicted octanol–water partition coefficient (Wildman–Crippen LogP) is 12.7. The largest absolute Gasteiger partial charge is 0.349 e. The third-order valence-electron chi connectivity index (χ3n) is 11.8. The van der Waals surface area contributed by atoms with E-state index in [1.54, 1.807) is 5.57 Å². The summed E-state index contributed by atoms with van der Waals surface area (Å²) in [6.45, 7) is 4.80. The van der Waals surface area contributed by atoms with Crippen LogP contribution in [0.3, 0.4) is 0 Å². The van der Waals surface area contributed by atoms with Crippen molar-refractivity contribution in [1.29, 1.82) is 0 Å². The molecule has 0 saturated carbocycles. The maximum atomic E-state index is 5.66. The minimum absolute atomic E-state index is 0.00919. The monoisotopic (exact) mass is 668 g/mol. The third kappa shape index (κ3) is 4.74. The zero-order chi connectivity index (χ0) is 35.0. The van der Waals surface area contributed by atoms with Crippen LogP contribution in [0.1, 0.15) is 60.7 Å². The van der Waals surface area contributed by atoms with Crippen molar-refractivity contribution < 1.29 is 0 Å². The van der Waals surface area contributed by atoms with E-state index in [0.717, 1.165) is 24.3 Å². The Morgan fingerprint density at radius 1 is 0.615 bits per heavy atom. The molecule has 2 aliphatic carbocycles. The Labute approximate surface area is 305 Å². The van der Waals surface area contributed by atoms with E-state index < -0.39 is 0 Å². The zero-order valence-electron chi connectivity index (χ0n) is 29.9. The highest BCUT2D eigenvalue weighted by Crippen LogP contribution is 2.50. The summed E-state index contributed by atoms with van der Waals surface area (Å²) in [7, 11) is 2.21. The fraction of sp³-hybridized carbons (Fsp3) is 0.140. The van der Waals surface area contributed by atoms with Gasteiger partial charge in [-0.25, -0.2) is 0 Å². The number of rotatable bonds is 4. The number of nitrogens with zero attached hydrogens (tertiary/aromatic N) is 2. The summed E-state index contributed by atoms with van der Waals surface area (Å²) in [5.74, 6) is 0. The Balaban J connectivity index is 1.17. The fourth-order valence-corrected chi connectivity index (χ4v) is 9.15. The fourth-order valence-electron chi connectivity index (χ4n) is 9.15.